The molecule has 0 aromatic carbocycles. The first kappa shape index (κ1) is 11.1. The van der Waals surface area contributed by atoms with Crippen LogP contribution in [0.1, 0.15) is 11.4 Å². The van der Waals surface area contributed by atoms with Gasteiger partial charge in [0.15, 0.2) is 0 Å². The van der Waals surface area contributed by atoms with E-state index in [0.29, 0.717) is 18.1 Å². The van der Waals surface area contributed by atoms with Crippen LogP contribution in [0.4, 0.5) is 11.5 Å². The standard InChI is InChI=1S/C10H11N5O2/c1-7-9(15(16)17)2-3-10(14-7)12-5-8-4-11-6-13-8/h2-4,6H,5H2,1H3,(H,11,13)(H,12,14). The third-order valence-electron chi connectivity index (χ3n) is 2.27. The van der Waals surface area contributed by atoms with Gasteiger partial charge in [0.25, 0.3) is 5.69 Å². The Balaban J connectivity index is 2.07. The summed E-state index contributed by atoms with van der Waals surface area (Å²) in [6.45, 7) is 2.16. The van der Waals surface area contributed by atoms with E-state index < -0.39 is 4.92 Å². The molecule has 2 heterocycles. The first-order valence-electron chi connectivity index (χ1n) is 5.00. The third kappa shape index (κ3) is 2.57. The fourth-order valence-electron chi connectivity index (χ4n) is 1.41. The highest BCUT2D eigenvalue weighted by Gasteiger charge is 2.11. The molecule has 0 aliphatic carbocycles. The van der Waals surface area contributed by atoms with Gasteiger partial charge >= 0.3 is 0 Å². The van der Waals surface area contributed by atoms with Crippen molar-refractivity contribution in [2.75, 3.05) is 5.32 Å². The smallest absolute Gasteiger partial charge is 0.290 e. The van der Waals surface area contributed by atoms with Crippen molar-refractivity contribution in [3.05, 3.63) is 46.2 Å². The van der Waals surface area contributed by atoms with Crippen LogP contribution in [0.25, 0.3) is 0 Å². The lowest BCUT2D eigenvalue weighted by Gasteiger charge is -2.04. The summed E-state index contributed by atoms with van der Waals surface area (Å²) in [7, 11) is 0. The van der Waals surface area contributed by atoms with Crippen molar-refractivity contribution in [2.45, 2.75) is 13.5 Å². The van der Waals surface area contributed by atoms with Gasteiger partial charge in [-0.15, -0.1) is 0 Å². The highest BCUT2D eigenvalue weighted by molar-refractivity contribution is 5.44. The van der Waals surface area contributed by atoms with Gasteiger partial charge in [0.05, 0.1) is 23.5 Å². The van der Waals surface area contributed by atoms with E-state index in [1.807, 2.05) is 0 Å². The molecule has 0 spiro atoms. The summed E-state index contributed by atoms with van der Waals surface area (Å²) in [5, 5.41) is 13.7. The number of pyridine rings is 1. The number of aryl methyl sites for hydroxylation is 1. The number of anilines is 1. The molecule has 0 amide bonds. The monoisotopic (exact) mass is 233 g/mol. The van der Waals surface area contributed by atoms with Crippen LogP contribution in [0.2, 0.25) is 0 Å². The van der Waals surface area contributed by atoms with E-state index in [1.54, 1.807) is 25.5 Å². The van der Waals surface area contributed by atoms with E-state index in [0.717, 1.165) is 5.69 Å². The molecule has 2 aromatic heterocycles. The maximum Gasteiger partial charge on any atom is 0.290 e. The summed E-state index contributed by atoms with van der Waals surface area (Å²) < 4.78 is 0. The molecule has 17 heavy (non-hydrogen) atoms. The van der Waals surface area contributed by atoms with E-state index in [2.05, 4.69) is 20.3 Å². The molecule has 0 atom stereocenters. The number of nitro groups is 1. The number of aromatic nitrogens is 3. The first-order valence-corrected chi connectivity index (χ1v) is 5.00. The zero-order valence-electron chi connectivity index (χ0n) is 9.17. The minimum atomic E-state index is -0.443. The van der Waals surface area contributed by atoms with E-state index in [-0.39, 0.29) is 5.69 Å². The number of H-pyrrole nitrogens is 1. The molecule has 2 rings (SSSR count). The number of nitrogens with zero attached hydrogens (tertiary/aromatic N) is 3. The van der Waals surface area contributed by atoms with E-state index >= 15 is 0 Å². The molecule has 0 aliphatic rings. The molecule has 0 saturated carbocycles. The highest BCUT2D eigenvalue weighted by atomic mass is 16.6. The Labute approximate surface area is 97.1 Å². The second-order valence-electron chi connectivity index (χ2n) is 3.49. The van der Waals surface area contributed by atoms with Gasteiger partial charge in [-0.05, 0) is 13.0 Å². The molecule has 88 valence electrons. The lowest BCUT2D eigenvalue weighted by molar-refractivity contribution is -0.385. The van der Waals surface area contributed by atoms with Gasteiger partial charge in [-0.2, -0.15) is 0 Å². The fraction of sp³-hybridized carbons (Fsp3) is 0.200. The lowest BCUT2D eigenvalue weighted by atomic mass is 10.3. The molecular formula is C10H11N5O2. The van der Waals surface area contributed by atoms with Crippen molar-refractivity contribution >= 4 is 11.5 Å². The van der Waals surface area contributed by atoms with Gasteiger partial charge in [0.1, 0.15) is 11.5 Å². The second-order valence-corrected chi connectivity index (χ2v) is 3.49. The average molecular weight is 233 g/mol. The molecule has 2 N–H and O–H groups in total. The van der Waals surface area contributed by atoms with E-state index in [4.69, 9.17) is 0 Å². The van der Waals surface area contributed by atoms with Gasteiger partial charge in [0, 0.05) is 12.3 Å². The Morgan fingerprint density at radius 3 is 2.94 bits per heavy atom. The molecule has 2 aromatic rings. The average Bonchev–Trinajstić information content (AvgIpc) is 2.78. The van der Waals surface area contributed by atoms with Crippen molar-refractivity contribution in [1.82, 2.24) is 15.0 Å². The molecule has 7 nitrogen and oxygen atoms in total. The van der Waals surface area contributed by atoms with Crippen molar-refractivity contribution < 1.29 is 4.92 Å². The molecule has 0 radical (unpaired) electrons. The first-order chi connectivity index (χ1) is 8.16. The summed E-state index contributed by atoms with van der Waals surface area (Å²) in [5.74, 6) is 0.600. The number of hydrogen-bond acceptors (Lipinski definition) is 5. The molecule has 0 bridgehead atoms. The van der Waals surface area contributed by atoms with E-state index in [1.165, 1.54) is 6.07 Å². The van der Waals surface area contributed by atoms with Crippen LogP contribution in [0, 0.1) is 17.0 Å². The summed E-state index contributed by atoms with van der Waals surface area (Å²) in [4.78, 5) is 21.1. The van der Waals surface area contributed by atoms with Crippen LogP contribution in [-0.4, -0.2) is 19.9 Å². The van der Waals surface area contributed by atoms with Crippen molar-refractivity contribution in [3.8, 4) is 0 Å². The molecule has 0 fully saturated rings. The zero-order chi connectivity index (χ0) is 12.3. The summed E-state index contributed by atoms with van der Waals surface area (Å²) >= 11 is 0. The second kappa shape index (κ2) is 4.60. The summed E-state index contributed by atoms with van der Waals surface area (Å²) in [6.07, 6.45) is 3.29. The highest BCUT2D eigenvalue weighted by Crippen LogP contribution is 2.17. The maximum atomic E-state index is 10.6. The van der Waals surface area contributed by atoms with Crippen LogP contribution in [0.15, 0.2) is 24.7 Å². The molecular weight excluding hydrogens is 222 g/mol. The summed E-state index contributed by atoms with van der Waals surface area (Å²) in [5.41, 5.74) is 1.34. The lowest BCUT2D eigenvalue weighted by Crippen LogP contribution is -2.03. The van der Waals surface area contributed by atoms with Crippen LogP contribution in [-0.2, 0) is 6.54 Å². The van der Waals surface area contributed by atoms with Crippen LogP contribution >= 0.6 is 0 Å². The minimum Gasteiger partial charge on any atom is -0.364 e. The van der Waals surface area contributed by atoms with Crippen molar-refractivity contribution in [1.29, 1.82) is 0 Å². The maximum absolute atomic E-state index is 10.6. The predicted molar refractivity (Wildman–Crippen MR) is 61.5 cm³/mol. The number of hydrogen-bond donors (Lipinski definition) is 2. The number of nitrogens with one attached hydrogen (secondary N) is 2. The van der Waals surface area contributed by atoms with Gasteiger partial charge < -0.3 is 10.3 Å². The molecule has 7 heteroatoms. The minimum absolute atomic E-state index is 0.0251. The van der Waals surface area contributed by atoms with Crippen LogP contribution in [0.5, 0.6) is 0 Å². The van der Waals surface area contributed by atoms with Crippen LogP contribution < -0.4 is 5.32 Å². The van der Waals surface area contributed by atoms with Gasteiger partial charge in [-0.3, -0.25) is 10.1 Å². The van der Waals surface area contributed by atoms with Crippen molar-refractivity contribution in [2.24, 2.45) is 0 Å². The Bertz CT molecular complexity index is 523. The molecule has 0 saturated heterocycles. The zero-order valence-corrected chi connectivity index (χ0v) is 9.17. The number of aromatic amines is 1. The Morgan fingerprint density at radius 1 is 1.53 bits per heavy atom. The SMILES string of the molecule is Cc1nc(NCc2cnc[nH]2)ccc1[N+](=O)[O-]. The normalized spacial score (nSPS) is 10.2. The molecule has 0 unspecified atom stereocenters. The predicted octanol–water partition coefficient (Wildman–Crippen LogP) is 1.63. The Hall–Kier alpha value is -2.44. The van der Waals surface area contributed by atoms with E-state index in [9.17, 15) is 10.1 Å². The van der Waals surface area contributed by atoms with Gasteiger partial charge in [0.2, 0.25) is 0 Å². The third-order valence-corrected chi connectivity index (χ3v) is 2.27. The number of rotatable bonds is 4. The van der Waals surface area contributed by atoms with Gasteiger partial charge in [-0.1, -0.05) is 0 Å². The Kier molecular flexibility index (Phi) is 2.99. The fourth-order valence-corrected chi connectivity index (χ4v) is 1.41. The molecule has 0 aliphatic heterocycles. The summed E-state index contributed by atoms with van der Waals surface area (Å²) in [6, 6.07) is 3.03. The Morgan fingerprint density at radius 2 is 2.35 bits per heavy atom. The van der Waals surface area contributed by atoms with Crippen LogP contribution in [0.3, 0.4) is 0 Å². The largest absolute Gasteiger partial charge is 0.364 e. The number of imidazole rings is 1. The topological polar surface area (TPSA) is 96.7 Å². The quantitative estimate of drug-likeness (QED) is 0.618. The van der Waals surface area contributed by atoms with Crippen molar-refractivity contribution in [3.63, 3.8) is 0 Å². The van der Waals surface area contributed by atoms with Gasteiger partial charge in [-0.25, -0.2) is 9.97 Å².